The number of hydrogen-bond donors (Lipinski definition) is 1. The highest BCUT2D eigenvalue weighted by atomic mass is 32.2. The summed E-state index contributed by atoms with van der Waals surface area (Å²) in [7, 11) is -1.57. The SMILES string of the molecule is CN(C)S(=O)(=O)N(CC(=O)N(Cc1ccccc1F)[C@@H](Cc1ccccc1)C(=O)NC1CCCCC1)c1ccc(F)cc1. The Labute approximate surface area is 252 Å². The van der Waals surface area contributed by atoms with E-state index < -0.39 is 40.3 Å². The number of halogens is 2. The third kappa shape index (κ3) is 8.39. The standard InChI is InChI=1S/C32H38F2N4O4S/c1-36(2)43(41,42)38(28-19-17-26(33)18-20-28)23-31(39)37(22-25-13-9-10-16-29(25)34)30(21-24-11-5-3-6-12-24)32(40)35-27-14-7-4-8-15-27/h3,5-6,9-13,16-20,27,30H,4,7-8,14-15,21-23H2,1-2H3,(H,35,40)/t30-/m0/s1. The molecule has 0 radical (unpaired) electrons. The lowest BCUT2D eigenvalue weighted by Gasteiger charge is -2.35. The van der Waals surface area contributed by atoms with Gasteiger partial charge in [-0.15, -0.1) is 0 Å². The molecule has 1 saturated carbocycles. The molecule has 0 aromatic heterocycles. The highest BCUT2D eigenvalue weighted by Gasteiger charge is 2.35. The van der Waals surface area contributed by atoms with E-state index in [-0.39, 0.29) is 36.2 Å². The van der Waals surface area contributed by atoms with Gasteiger partial charge in [-0.25, -0.2) is 13.1 Å². The number of nitrogens with zero attached hydrogens (tertiary/aromatic N) is 3. The van der Waals surface area contributed by atoms with Crippen LogP contribution in [0.1, 0.15) is 43.2 Å². The Bertz CT molecular complexity index is 1480. The molecule has 11 heteroatoms. The molecule has 0 saturated heterocycles. The third-order valence-electron chi connectivity index (χ3n) is 7.65. The minimum Gasteiger partial charge on any atom is -0.352 e. The molecule has 0 heterocycles. The highest BCUT2D eigenvalue weighted by Crippen LogP contribution is 2.24. The lowest BCUT2D eigenvalue weighted by molar-refractivity contribution is -0.140. The maximum absolute atomic E-state index is 15.0. The van der Waals surface area contributed by atoms with E-state index in [0.717, 1.165) is 58.4 Å². The van der Waals surface area contributed by atoms with E-state index in [1.54, 1.807) is 6.07 Å². The fourth-order valence-corrected chi connectivity index (χ4v) is 6.29. The number of benzene rings is 3. The number of nitrogens with one attached hydrogen (secondary N) is 1. The first kappa shape index (κ1) is 32.1. The molecule has 1 fully saturated rings. The van der Waals surface area contributed by atoms with Crippen molar-refractivity contribution < 1.29 is 26.8 Å². The van der Waals surface area contributed by atoms with Crippen molar-refractivity contribution in [1.82, 2.24) is 14.5 Å². The van der Waals surface area contributed by atoms with E-state index in [9.17, 15) is 26.8 Å². The number of rotatable bonds is 12. The van der Waals surface area contributed by atoms with Gasteiger partial charge in [-0.05, 0) is 48.7 Å². The van der Waals surface area contributed by atoms with Gasteiger partial charge >= 0.3 is 10.2 Å². The maximum Gasteiger partial charge on any atom is 0.304 e. The lowest BCUT2D eigenvalue weighted by Crippen LogP contribution is -2.55. The van der Waals surface area contributed by atoms with Gasteiger partial charge in [0.15, 0.2) is 0 Å². The Morgan fingerprint density at radius 2 is 1.51 bits per heavy atom. The van der Waals surface area contributed by atoms with Crippen LogP contribution in [0.5, 0.6) is 0 Å². The molecule has 0 spiro atoms. The predicted octanol–water partition coefficient (Wildman–Crippen LogP) is 4.67. The van der Waals surface area contributed by atoms with Crippen LogP contribution in [0, 0.1) is 11.6 Å². The monoisotopic (exact) mass is 612 g/mol. The average molecular weight is 613 g/mol. The lowest BCUT2D eigenvalue weighted by atomic mass is 9.94. The van der Waals surface area contributed by atoms with E-state index in [1.807, 2.05) is 30.3 Å². The molecule has 1 aliphatic rings. The van der Waals surface area contributed by atoms with Crippen LogP contribution in [0.2, 0.25) is 0 Å². The highest BCUT2D eigenvalue weighted by molar-refractivity contribution is 7.90. The summed E-state index contributed by atoms with van der Waals surface area (Å²) < 4.78 is 57.3. The first-order chi connectivity index (χ1) is 20.6. The molecule has 4 rings (SSSR count). The van der Waals surface area contributed by atoms with Crippen molar-refractivity contribution in [3.63, 3.8) is 0 Å². The second-order valence-corrected chi connectivity index (χ2v) is 13.0. The molecule has 43 heavy (non-hydrogen) atoms. The summed E-state index contributed by atoms with van der Waals surface area (Å²) in [6, 6.07) is 18.8. The van der Waals surface area contributed by atoms with Gasteiger partial charge in [0.25, 0.3) is 0 Å². The van der Waals surface area contributed by atoms with Crippen molar-refractivity contribution in [3.8, 4) is 0 Å². The van der Waals surface area contributed by atoms with E-state index >= 15 is 0 Å². The van der Waals surface area contributed by atoms with Crippen molar-refractivity contribution in [1.29, 1.82) is 0 Å². The van der Waals surface area contributed by atoms with Gasteiger partial charge in [0.05, 0.1) is 5.69 Å². The molecule has 230 valence electrons. The number of carbonyl (C=O) groups is 2. The summed E-state index contributed by atoms with van der Waals surface area (Å²) in [6.07, 6.45) is 4.85. The normalized spacial score (nSPS) is 14.7. The third-order valence-corrected chi connectivity index (χ3v) is 9.47. The fourth-order valence-electron chi connectivity index (χ4n) is 5.23. The summed E-state index contributed by atoms with van der Waals surface area (Å²) in [5, 5.41) is 3.11. The Morgan fingerprint density at radius 3 is 2.14 bits per heavy atom. The molecule has 8 nitrogen and oxygen atoms in total. The first-order valence-corrected chi connectivity index (χ1v) is 15.8. The Hall–Kier alpha value is -3.83. The molecule has 2 amide bonds. The molecular weight excluding hydrogens is 574 g/mol. The zero-order valence-corrected chi connectivity index (χ0v) is 25.3. The van der Waals surface area contributed by atoms with Crippen LogP contribution in [0.4, 0.5) is 14.5 Å². The molecular formula is C32H38F2N4O4S. The van der Waals surface area contributed by atoms with Crippen LogP contribution >= 0.6 is 0 Å². The van der Waals surface area contributed by atoms with Crippen LogP contribution < -0.4 is 9.62 Å². The van der Waals surface area contributed by atoms with E-state index in [0.29, 0.717) is 0 Å². The van der Waals surface area contributed by atoms with Crippen molar-refractivity contribution in [3.05, 3.63) is 102 Å². The second kappa shape index (κ2) is 14.6. The van der Waals surface area contributed by atoms with Gasteiger partial charge in [-0.3, -0.25) is 9.59 Å². The van der Waals surface area contributed by atoms with E-state index in [4.69, 9.17) is 0 Å². The summed E-state index contributed by atoms with van der Waals surface area (Å²) in [6.45, 7) is -0.955. The summed E-state index contributed by atoms with van der Waals surface area (Å²) in [4.78, 5) is 29.4. The molecule has 3 aromatic carbocycles. The predicted molar refractivity (Wildman–Crippen MR) is 162 cm³/mol. The van der Waals surface area contributed by atoms with Gasteiger partial charge in [0, 0.05) is 38.7 Å². The van der Waals surface area contributed by atoms with Gasteiger partial charge in [0.1, 0.15) is 24.2 Å². The molecule has 1 aliphatic carbocycles. The number of amides is 2. The minimum absolute atomic E-state index is 0.0465. The molecule has 1 atom stereocenters. The van der Waals surface area contributed by atoms with Crippen molar-refractivity contribution >= 4 is 27.7 Å². The van der Waals surface area contributed by atoms with Crippen LogP contribution in [0.3, 0.4) is 0 Å². The van der Waals surface area contributed by atoms with Crippen molar-refractivity contribution in [2.24, 2.45) is 0 Å². The minimum atomic E-state index is -4.22. The van der Waals surface area contributed by atoms with Crippen LogP contribution in [0.25, 0.3) is 0 Å². The fraction of sp³-hybridized carbons (Fsp3) is 0.375. The topological polar surface area (TPSA) is 90.0 Å². The van der Waals surface area contributed by atoms with Gasteiger partial charge in [0.2, 0.25) is 11.8 Å². The Morgan fingerprint density at radius 1 is 0.884 bits per heavy atom. The molecule has 0 aliphatic heterocycles. The van der Waals surface area contributed by atoms with Crippen molar-refractivity contribution in [2.45, 2.75) is 57.2 Å². The smallest absolute Gasteiger partial charge is 0.304 e. The molecule has 3 aromatic rings. The number of hydrogen-bond acceptors (Lipinski definition) is 4. The Balaban J connectivity index is 1.75. The van der Waals surface area contributed by atoms with E-state index in [2.05, 4.69) is 5.32 Å². The van der Waals surface area contributed by atoms with Gasteiger partial charge in [-0.1, -0.05) is 67.8 Å². The zero-order chi connectivity index (χ0) is 31.0. The summed E-state index contributed by atoms with van der Waals surface area (Å²) in [5.41, 5.74) is 1.04. The Kier molecular flexibility index (Phi) is 10.9. The van der Waals surface area contributed by atoms with Crippen LogP contribution in [0.15, 0.2) is 78.9 Å². The van der Waals surface area contributed by atoms with Crippen LogP contribution in [-0.2, 0) is 32.8 Å². The van der Waals surface area contributed by atoms with Crippen molar-refractivity contribution in [2.75, 3.05) is 24.9 Å². The van der Waals surface area contributed by atoms with E-state index in [1.165, 1.54) is 49.3 Å². The maximum atomic E-state index is 15.0. The molecule has 1 N–H and O–H groups in total. The largest absolute Gasteiger partial charge is 0.352 e. The van der Waals surface area contributed by atoms with Gasteiger partial charge in [-0.2, -0.15) is 12.7 Å². The summed E-state index contributed by atoms with van der Waals surface area (Å²) in [5.74, 6) is -2.22. The van der Waals surface area contributed by atoms with Gasteiger partial charge < -0.3 is 10.2 Å². The summed E-state index contributed by atoms with van der Waals surface area (Å²) >= 11 is 0. The zero-order valence-electron chi connectivity index (χ0n) is 24.5. The average Bonchev–Trinajstić information content (AvgIpc) is 3.00. The number of carbonyl (C=O) groups excluding carboxylic acids is 2. The number of anilines is 1. The quantitative estimate of drug-likeness (QED) is 0.322. The molecule has 0 unspecified atom stereocenters. The first-order valence-electron chi connectivity index (χ1n) is 14.4. The molecule has 0 bridgehead atoms. The second-order valence-electron chi connectivity index (χ2n) is 10.9. The van der Waals surface area contributed by atoms with Crippen LogP contribution in [-0.4, -0.2) is 62.2 Å².